The number of anilines is 1. The van der Waals surface area contributed by atoms with E-state index < -0.39 is 5.97 Å². The summed E-state index contributed by atoms with van der Waals surface area (Å²) in [6.45, 7) is 4.14. The third-order valence-electron chi connectivity index (χ3n) is 3.74. The molecule has 1 aliphatic heterocycles. The van der Waals surface area contributed by atoms with E-state index in [1.807, 2.05) is 11.8 Å². The van der Waals surface area contributed by atoms with Crippen molar-refractivity contribution in [3.8, 4) is 0 Å². The molecule has 110 valence electrons. The molecule has 1 fully saturated rings. The maximum absolute atomic E-state index is 12.3. The molecule has 0 saturated carbocycles. The quantitative estimate of drug-likeness (QED) is 0.880. The van der Waals surface area contributed by atoms with Gasteiger partial charge in [0, 0.05) is 38.4 Å². The molecule has 1 N–H and O–H groups in total. The Morgan fingerprint density at radius 2 is 2.15 bits per heavy atom. The maximum atomic E-state index is 12.3. The number of aromatic nitrogens is 2. The van der Waals surface area contributed by atoms with Gasteiger partial charge in [-0.15, -0.1) is 0 Å². The Balaban J connectivity index is 2.05. The number of aryl methyl sites for hydroxylation is 1. The lowest BCUT2D eigenvalue weighted by atomic mass is 9.94. The minimum atomic E-state index is -0.744. The molecule has 1 aromatic rings. The fourth-order valence-corrected chi connectivity index (χ4v) is 2.67. The predicted octanol–water partition coefficient (Wildman–Crippen LogP) is 1.34. The van der Waals surface area contributed by atoms with Crippen LogP contribution in [-0.2, 0) is 11.3 Å². The Hall–Kier alpha value is -1.85. The fraction of sp³-hybridized carbons (Fsp3) is 0.643. The lowest BCUT2D eigenvalue weighted by Crippen LogP contribution is -2.39. The lowest BCUT2D eigenvalue weighted by Gasteiger charge is -2.31. The van der Waals surface area contributed by atoms with Gasteiger partial charge in [0.15, 0.2) is 5.82 Å². The summed E-state index contributed by atoms with van der Waals surface area (Å²) < 4.78 is 1.69. The van der Waals surface area contributed by atoms with Crippen molar-refractivity contribution in [3.05, 3.63) is 22.7 Å². The summed E-state index contributed by atoms with van der Waals surface area (Å²) in [6, 6.07) is 0. The van der Waals surface area contributed by atoms with Crippen LogP contribution in [0.25, 0.3) is 0 Å². The van der Waals surface area contributed by atoms with Crippen LogP contribution in [0.15, 0.2) is 17.2 Å². The summed E-state index contributed by atoms with van der Waals surface area (Å²) >= 11 is 0. The van der Waals surface area contributed by atoms with Crippen LogP contribution < -0.4 is 10.5 Å². The monoisotopic (exact) mass is 279 g/mol. The van der Waals surface area contributed by atoms with E-state index >= 15 is 0 Å². The number of carbonyl (C=O) groups is 1. The maximum Gasteiger partial charge on any atom is 0.303 e. The second-order valence-corrected chi connectivity index (χ2v) is 5.28. The highest BCUT2D eigenvalue weighted by Crippen LogP contribution is 2.22. The number of carboxylic acids is 1. The topological polar surface area (TPSA) is 75.4 Å². The smallest absolute Gasteiger partial charge is 0.303 e. The molecule has 0 amide bonds. The van der Waals surface area contributed by atoms with Gasteiger partial charge in [-0.25, -0.2) is 4.98 Å². The van der Waals surface area contributed by atoms with Crippen LogP contribution in [0.5, 0.6) is 0 Å². The van der Waals surface area contributed by atoms with E-state index in [0.717, 1.165) is 19.3 Å². The zero-order valence-corrected chi connectivity index (χ0v) is 11.8. The van der Waals surface area contributed by atoms with Crippen molar-refractivity contribution in [1.29, 1.82) is 0 Å². The molecule has 20 heavy (non-hydrogen) atoms. The lowest BCUT2D eigenvalue weighted by molar-refractivity contribution is -0.138. The van der Waals surface area contributed by atoms with Crippen molar-refractivity contribution >= 4 is 11.8 Å². The van der Waals surface area contributed by atoms with Gasteiger partial charge in [-0.3, -0.25) is 9.59 Å². The Labute approximate surface area is 118 Å². The molecule has 0 radical (unpaired) electrons. The fourth-order valence-electron chi connectivity index (χ4n) is 2.67. The number of hydrogen-bond acceptors (Lipinski definition) is 4. The van der Waals surface area contributed by atoms with Gasteiger partial charge in [-0.1, -0.05) is 6.92 Å². The van der Waals surface area contributed by atoms with Gasteiger partial charge in [0.05, 0.1) is 0 Å². The summed E-state index contributed by atoms with van der Waals surface area (Å²) in [6.07, 6.45) is 6.11. The summed E-state index contributed by atoms with van der Waals surface area (Å²) in [5.74, 6) is -0.0355. The van der Waals surface area contributed by atoms with Crippen molar-refractivity contribution < 1.29 is 9.90 Å². The van der Waals surface area contributed by atoms with E-state index in [-0.39, 0.29) is 17.9 Å². The highest BCUT2D eigenvalue weighted by Gasteiger charge is 2.23. The minimum absolute atomic E-state index is 0.0500. The third kappa shape index (κ3) is 3.37. The average Bonchev–Trinajstić information content (AvgIpc) is 2.42. The van der Waals surface area contributed by atoms with Gasteiger partial charge in [-0.2, -0.15) is 0 Å². The first-order valence-corrected chi connectivity index (χ1v) is 7.14. The third-order valence-corrected chi connectivity index (χ3v) is 3.74. The first-order chi connectivity index (χ1) is 9.61. The van der Waals surface area contributed by atoms with E-state index in [0.29, 0.717) is 25.5 Å². The molecule has 0 aromatic carbocycles. The molecule has 6 nitrogen and oxygen atoms in total. The highest BCUT2D eigenvalue weighted by molar-refractivity contribution is 5.67. The van der Waals surface area contributed by atoms with Crippen LogP contribution >= 0.6 is 0 Å². The van der Waals surface area contributed by atoms with Crippen LogP contribution in [0.1, 0.15) is 32.6 Å². The summed E-state index contributed by atoms with van der Waals surface area (Å²) in [5.41, 5.74) is -0.0500. The Morgan fingerprint density at radius 1 is 1.45 bits per heavy atom. The Bertz CT molecular complexity index is 519. The molecule has 0 atom stereocenters. The summed E-state index contributed by atoms with van der Waals surface area (Å²) in [5, 5.41) is 8.81. The van der Waals surface area contributed by atoms with Crippen molar-refractivity contribution in [2.75, 3.05) is 18.0 Å². The van der Waals surface area contributed by atoms with E-state index in [9.17, 15) is 9.59 Å². The SMILES string of the molecule is CCCn1ccnc(N2CCC(CC(=O)O)CC2)c1=O. The van der Waals surface area contributed by atoms with Crippen molar-refractivity contribution in [2.45, 2.75) is 39.2 Å². The molecular weight excluding hydrogens is 258 g/mol. The molecule has 2 heterocycles. The molecular formula is C14H21N3O3. The number of hydrogen-bond donors (Lipinski definition) is 1. The van der Waals surface area contributed by atoms with E-state index in [1.54, 1.807) is 17.0 Å². The summed E-state index contributed by atoms with van der Waals surface area (Å²) in [7, 11) is 0. The van der Waals surface area contributed by atoms with Crippen LogP contribution in [0.2, 0.25) is 0 Å². The highest BCUT2D eigenvalue weighted by atomic mass is 16.4. The van der Waals surface area contributed by atoms with Crippen LogP contribution in [-0.4, -0.2) is 33.7 Å². The number of piperidine rings is 1. The molecule has 0 aliphatic carbocycles. The molecule has 0 bridgehead atoms. The van der Waals surface area contributed by atoms with Crippen molar-refractivity contribution in [3.63, 3.8) is 0 Å². The van der Waals surface area contributed by atoms with E-state index in [4.69, 9.17) is 5.11 Å². The molecule has 0 spiro atoms. The normalized spacial score (nSPS) is 16.4. The standard InChI is InChI=1S/C14H21N3O3/c1-2-6-17-9-5-15-13(14(17)20)16-7-3-11(4-8-16)10-12(18)19/h5,9,11H,2-4,6-8,10H2,1H3,(H,18,19). The molecule has 1 aromatic heterocycles. The Morgan fingerprint density at radius 3 is 2.75 bits per heavy atom. The van der Waals surface area contributed by atoms with Gasteiger partial charge in [0.1, 0.15) is 0 Å². The van der Waals surface area contributed by atoms with Gasteiger partial charge in [0.25, 0.3) is 5.56 Å². The number of rotatable bonds is 5. The average molecular weight is 279 g/mol. The van der Waals surface area contributed by atoms with Gasteiger partial charge in [-0.05, 0) is 25.2 Å². The minimum Gasteiger partial charge on any atom is -0.481 e. The Kier molecular flexibility index (Phi) is 4.76. The van der Waals surface area contributed by atoms with Crippen molar-refractivity contribution in [2.24, 2.45) is 5.92 Å². The molecule has 1 saturated heterocycles. The molecule has 6 heteroatoms. The first-order valence-electron chi connectivity index (χ1n) is 7.14. The first kappa shape index (κ1) is 14.6. The second kappa shape index (κ2) is 6.54. The number of nitrogens with zero attached hydrogens (tertiary/aromatic N) is 3. The van der Waals surface area contributed by atoms with Crippen LogP contribution in [0, 0.1) is 5.92 Å². The van der Waals surface area contributed by atoms with Crippen LogP contribution in [0.3, 0.4) is 0 Å². The van der Waals surface area contributed by atoms with E-state index in [2.05, 4.69) is 4.98 Å². The molecule has 0 unspecified atom stereocenters. The van der Waals surface area contributed by atoms with E-state index in [1.165, 1.54) is 0 Å². The molecule has 2 rings (SSSR count). The summed E-state index contributed by atoms with van der Waals surface area (Å²) in [4.78, 5) is 29.2. The van der Waals surface area contributed by atoms with Crippen LogP contribution in [0.4, 0.5) is 5.82 Å². The second-order valence-electron chi connectivity index (χ2n) is 5.28. The predicted molar refractivity (Wildman–Crippen MR) is 76.0 cm³/mol. The van der Waals surface area contributed by atoms with Gasteiger partial charge >= 0.3 is 5.97 Å². The largest absolute Gasteiger partial charge is 0.481 e. The van der Waals surface area contributed by atoms with Gasteiger partial charge < -0.3 is 14.6 Å². The zero-order chi connectivity index (χ0) is 14.5. The van der Waals surface area contributed by atoms with Gasteiger partial charge in [0.2, 0.25) is 0 Å². The van der Waals surface area contributed by atoms with Crippen molar-refractivity contribution in [1.82, 2.24) is 9.55 Å². The number of aliphatic carboxylic acids is 1. The molecule has 1 aliphatic rings. The number of carboxylic acid groups (broad SMARTS) is 1. The zero-order valence-electron chi connectivity index (χ0n) is 11.8.